The third-order valence-electron chi connectivity index (χ3n) is 5.92. The van der Waals surface area contributed by atoms with E-state index < -0.39 is 10.0 Å². The smallest absolute Gasteiger partial charge is 0.260 e. The minimum Gasteiger partial charge on any atom is -0.376 e. The molecule has 0 N–H and O–H groups in total. The maximum Gasteiger partial charge on any atom is 0.260 e. The van der Waals surface area contributed by atoms with Crippen molar-refractivity contribution < 1.29 is 17.9 Å². The predicted molar refractivity (Wildman–Crippen MR) is 132 cm³/mol. The normalized spacial score (nSPS) is 16.7. The Hall–Kier alpha value is -2.33. The summed E-state index contributed by atoms with van der Waals surface area (Å²) in [5.74, 6) is -0.220. The molecule has 1 aliphatic rings. The van der Waals surface area contributed by atoms with E-state index in [2.05, 4.69) is 6.07 Å². The van der Waals surface area contributed by atoms with Gasteiger partial charge in [0.1, 0.15) is 0 Å². The predicted octanol–water partition coefficient (Wildman–Crippen LogP) is 4.46. The molecule has 0 bridgehead atoms. The van der Waals surface area contributed by atoms with Crippen LogP contribution in [-0.2, 0) is 14.8 Å². The number of fused-ring (bicyclic) bond motifs is 1. The van der Waals surface area contributed by atoms with Gasteiger partial charge in [-0.2, -0.15) is 4.31 Å². The second-order valence-electron chi connectivity index (χ2n) is 8.66. The Labute approximate surface area is 199 Å². The second-order valence-corrected chi connectivity index (χ2v) is 11.7. The van der Waals surface area contributed by atoms with Crippen LogP contribution in [0.3, 0.4) is 0 Å². The molecule has 1 atom stereocenters. The highest BCUT2D eigenvalue weighted by atomic mass is 32.2. The van der Waals surface area contributed by atoms with E-state index in [9.17, 15) is 13.2 Å². The number of carbonyl (C=O) groups excluding carboxylic acids is 1. The molecule has 4 rings (SSSR count). The summed E-state index contributed by atoms with van der Waals surface area (Å²) in [5, 5.41) is 0.618. The summed E-state index contributed by atoms with van der Waals surface area (Å²) in [6.07, 6.45) is 1.83. The first-order valence-electron chi connectivity index (χ1n) is 11.1. The molecule has 0 saturated carbocycles. The first kappa shape index (κ1) is 23.8. The fourth-order valence-electron chi connectivity index (χ4n) is 3.74. The zero-order valence-electron chi connectivity index (χ0n) is 19.3. The quantitative estimate of drug-likeness (QED) is 0.492. The molecule has 1 saturated heterocycles. The number of sulfonamides is 1. The first-order chi connectivity index (χ1) is 15.7. The van der Waals surface area contributed by atoms with Crippen molar-refractivity contribution in [1.29, 1.82) is 0 Å². The molecule has 1 aliphatic heterocycles. The van der Waals surface area contributed by atoms with Crippen molar-refractivity contribution in [3.05, 3.63) is 53.6 Å². The number of aromatic nitrogens is 1. The molecular formula is C24H29N3O4S2. The van der Waals surface area contributed by atoms with Gasteiger partial charge in [-0.05, 0) is 75.6 Å². The van der Waals surface area contributed by atoms with E-state index in [-0.39, 0.29) is 22.9 Å². The summed E-state index contributed by atoms with van der Waals surface area (Å²) < 4.78 is 33.7. The molecule has 1 unspecified atom stereocenters. The third kappa shape index (κ3) is 4.96. The molecule has 0 radical (unpaired) electrons. The van der Waals surface area contributed by atoms with Gasteiger partial charge < -0.3 is 4.74 Å². The van der Waals surface area contributed by atoms with Crippen molar-refractivity contribution in [1.82, 2.24) is 9.29 Å². The van der Waals surface area contributed by atoms with Gasteiger partial charge in [-0.3, -0.25) is 9.69 Å². The number of aryl methyl sites for hydroxylation is 1. The van der Waals surface area contributed by atoms with Crippen molar-refractivity contribution in [2.45, 2.75) is 50.7 Å². The Morgan fingerprint density at radius 1 is 1.21 bits per heavy atom. The van der Waals surface area contributed by atoms with Gasteiger partial charge in [-0.25, -0.2) is 13.4 Å². The number of ether oxygens (including phenoxy) is 1. The Morgan fingerprint density at radius 3 is 2.58 bits per heavy atom. The highest BCUT2D eigenvalue weighted by Gasteiger charge is 2.28. The maximum atomic E-state index is 13.6. The van der Waals surface area contributed by atoms with E-state index in [0.29, 0.717) is 23.8 Å². The van der Waals surface area contributed by atoms with Gasteiger partial charge >= 0.3 is 0 Å². The Morgan fingerprint density at radius 2 is 1.94 bits per heavy atom. The second kappa shape index (κ2) is 9.50. The average Bonchev–Trinajstić information content (AvgIpc) is 3.45. The van der Waals surface area contributed by atoms with Crippen LogP contribution in [0.4, 0.5) is 5.13 Å². The SMILES string of the molecule is Cc1ccc2nc(N(CC3CCCO3)C(=O)c3ccc(S(=O)(=O)N(C)C(C)C)cc3)sc2c1. The molecule has 176 valence electrons. The summed E-state index contributed by atoms with van der Waals surface area (Å²) in [5.41, 5.74) is 2.40. The van der Waals surface area contributed by atoms with Crippen LogP contribution in [0.5, 0.6) is 0 Å². The zero-order valence-corrected chi connectivity index (χ0v) is 20.9. The average molecular weight is 488 g/mol. The molecule has 0 aliphatic carbocycles. The van der Waals surface area contributed by atoms with Crippen LogP contribution in [0.15, 0.2) is 47.4 Å². The summed E-state index contributed by atoms with van der Waals surface area (Å²) in [6, 6.07) is 12.0. The highest BCUT2D eigenvalue weighted by molar-refractivity contribution is 7.89. The molecule has 1 amide bonds. The van der Waals surface area contributed by atoms with Gasteiger partial charge in [-0.1, -0.05) is 17.4 Å². The van der Waals surface area contributed by atoms with Gasteiger partial charge in [0.2, 0.25) is 10.0 Å². The number of anilines is 1. The highest BCUT2D eigenvalue weighted by Crippen LogP contribution is 2.31. The largest absolute Gasteiger partial charge is 0.376 e. The minimum absolute atomic E-state index is 0.0398. The summed E-state index contributed by atoms with van der Waals surface area (Å²) in [6.45, 7) is 6.77. The molecule has 2 aromatic carbocycles. The number of hydrogen-bond donors (Lipinski definition) is 0. The number of amides is 1. The summed E-state index contributed by atoms with van der Waals surface area (Å²) in [4.78, 5) is 20.1. The molecular weight excluding hydrogens is 458 g/mol. The molecule has 0 spiro atoms. The lowest BCUT2D eigenvalue weighted by Gasteiger charge is -2.23. The fraction of sp³-hybridized carbons (Fsp3) is 0.417. The molecule has 33 heavy (non-hydrogen) atoms. The Balaban J connectivity index is 1.66. The van der Waals surface area contributed by atoms with E-state index in [1.54, 1.807) is 24.1 Å². The molecule has 1 aromatic heterocycles. The van der Waals surface area contributed by atoms with Crippen LogP contribution in [0.25, 0.3) is 10.2 Å². The van der Waals surface area contributed by atoms with Crippen LogP contribution < -0.4 is 4.90 Å². The maximum absolute atomic E-state index is 13.6. The van der Waals surface area contributed by atoms with Crippen LogP contribution in [0, 0.1) is 6.92 Å². The van der Waals surface area contributed by atoms with Gasteiger partial charge in [0.15, 0.2) is 5.13 Å². The number of benzene rings is 2. The van der Waals surface area contributed by atoms with Crippen LogP contribution in [-0.4, -0.2) is 56.0 Å². The van der Waals surface area contributed by atoms with Crippen molar-refractivity contribution in [3.8, 4) is 0 Å². The van der Waals surface area contributed by atoms with Crippen molar-refractivity contribution >= 4 is 42.6 Å². The van der Waals surface area contributed by atoms with Crippen molar-refractivity contribution in [3.63, 3.8) is 0 Å². The third-order valence-corrected chi connectivity index (χ3v) is 9.01. The minimum atomic E-state index is -3.62. The van der Waals surface area contributed by atoms with E-state index in [1.807, 2.05) is 32.9 Å². The van der Waals surface area contributed by atoms with E-state index >= 15 is 0 Å². The Bertz CT molecular complexity index is 1250. The van der Waals surface area contributed by atoms with Crippen LogP contribution in [0.2, 0.25) is 0 Å². The lowest BCUT2D eigenvalue weighted by Crippen LogP contribution is -2.37. The fourth-order valence-corrected chi connectivity index (χ4v) is 6.18. The number of thiazole rings is 1. The molecule has 3 aromatic rings. The lowest BCUT2D eigenvalue weighted by atomic mass is 10.2. The zero-order chi connectivity index (χ0) is 23.8. The van der Waals surface area contributed by atoms with Gasteiger partial charge in [0.25, 0.3) is 5.91 Å². The van der Waals surface area contributed by atoms with E-state index in [4.69, 9.17) is 9.72 Å². The number of nitrogens with zero attached hydrogens (tertiary/aromatic N) is 3. The van der Waals surface area contributed by atoms with Crippen molar-refractivity contribution in [2.75, 3.05) is 25.1 Å². The van der Waals surface area contributed by atoms with Gasteiger partial charge in [0.05, 0.1) is 27.8 Å². The number of rotatable bonds is 7. The number of hydrogen-bond acceptors (Lipinski definition) is 6. The molecule has 1 fully saturated rings. The Kier molecular flexibility index (Phi) is 6.86. The van der Waals surface area contributed by atoms with E-state index in [0.717, 1.165) is 28.6 Å². The topological polar surface area (TPSA) is 79.8 Å². The monoisotopic (exact) mass is 487 g/mol. The first-order valence-corrected chi connectivity index (χ1v) is 13.3. The molecule has 2 heterocycles. The van der Waals surface area contributed by atoms with Crippen LogP contribution >= 0.6 is 11.3 Å². The summed E-state index contributed by atoms with van der Waals surface area (Å²) in [7, 11) is -2.06. The molecule has 7 nitrogen and oxygen atoms in total. The van der Waals surface area contributed by atoms with Gasteiger partial charge in [-0.15, -0.1) is 0 Å². The van der Waals surface area contributed by atoms with Crippen LogP contribution in [0.1, 0.15) is 42.6 Å². The van der Waals surface area contributed by atoms with Crippen molar-refractivity contribution in [2.24, 2.45) is 0 Å². The lowest BCUT2D eigenvalue weighted by molar-refractivity contribution is 0.0917. The molecule has 9 heteroatoms. The van der Waals surface area contributed by atoms with E-state index in [1.165, 1.54) is 27.8 Å². The standard InChI is InChI=1S/C24H29N3O4S2/c1-16(2)26(4)33(29,30)20-10-8-18(9-11-20)23(28)27(15-19-6-5-13-31-19)24-25-21-12-7-17(3)14-22(21)32-24/h7-12,14,16,19H,5-6,13,15H2,1-4H3. The number of carbonyl (C=O) groups is 1. The summed E-state index contributed by atoms with van der Waals surface area (Å²) >= 11 is 1.48. The van der Waals surface area contributed by atoms with Gasteiger partial charge in [0, 0.05) is 25.3 Å².